The average Bonchev–Trinajstić information content (AvgIpc) is 2.01. The first-order valence-corrected chi connectivity index (χ1v) is 4.72. The molecule has 11 heavy (non-hydrogen) atoms. The molecule has 0 radical (unpaired) electrons. The van der Waals surface area contributed by atoms with Crippen LogP contribution in [0.5, 0.6) is 0 Å². The van der Waals surface area contributed by atoms with E-state index in [0.29, 0.717) is 0 Å². The van der Waals surface area contributed by atoms with Crippen LogP contribution in [-0.4, -0.2) is 38.1 Å². The van der Waals surface area contributed by atoms with Gasteiger partial charge in [-0.15, -0.1) is 0 Å². The maximum atomic E-state index is 3.17. The highest BCUT2D eigenvalue weighted by molar-refractivity contribution is 4.56. The number of nitrogens with one attached hydrogen (secondary N) is 1. The lowest BCUT2D eigenvalue weighted by Gasteiger charge is -2.20. The average molecular weight is 158 g/mol. The Labute approximate surface area is 71.0 Å². The summed E-state index contributed by atoms with van der Waals surface area (Å²) in [6.07, 6.45) is 2.54. The van der Waals surface area contributed by atoms with Crippen molar-refractivity contribution in [1.82, 2.24) is 10.2 Å². The van der Waals surface area contributed by atoms with Crippen LogP contribution in [0.3, 0.4) is 0 Å². The fourth-order valence-electron chi connectivity index (χ4n) is 1.24. The summed E-state index contributed by atoms with van der Waals surface area (Å²) in [7, 11) is 2.01. The second kappa shape index (κ2) is 8.02. The Morgan fingerprint density at radius 1 is 1.00 bits per heavy atom. The summed E-state index contributed by atoms with van der Waals surface area (Å²) in [6, 6.07) is 0. The van der Waals surface area contributed by atoms with Crippen molar-refractivity contribution in [2.75, 3.05) is 33.2 Å². The molecule has 0 amide bonds. The largest absolute Gasteiger partial charge is 0.318 e. The molecule has 2 heteroatoms. The van der Waals surface area contributed by atoms with Gasteiger partial charge in [0.15, 0.2) is 0 Å². The van der Waals surface area contributed by atoms with E-state index in [9.17, 15) is 0 Å². The first-order chi connectivity index (χ1) is 5.35. The van der Waals surface area contributed by atoms with Gasteiger partial charge < -0.3 is 10.2 Å². The molecule has 68 valence electrons. The number of likely N-dealkylation sites (N-methyl/N-ethyl adjacent to an activating group) is 1. The van der Waals surface area contributed by atoms with Crippen molar-refractivity contribution in [1.29, 1.82) is 0 Å². The zero-order valence-electron chi connectivity index (χ0n) is 8.19. The van der Waals surface area contributed by atoms with Crippen LogP contribution >= 0.6 is 0 Å². The van der Waals surface area contributed by atoms with Crippen LogP contribution in [0.1, 0.15) is 26.7 Å². The normalized spacial score (nSPS) is 10.9. The highest BCUT2D eigenvalue weighted by Gasteiger charge is 1.99. The molecule has 0 bridgehead atoms. The molecule has 0 saturated carbocycles. The van der Waals surface area contributed by atoms with E-state index in [4.69, 9.17) is 0 Å². The highest BCUT2D eigenvalue weighted by atomic mass is 15.1. The molecule has 0 aliphatic heterocycles. The lowest BCUT2D eigenvalue weighted by atomic mass is 10.3. The third kappa shape index (κ3) is 6.32. The number of hydrogen-bond acceptors (Lipinski definition) is 2. The van der Waals surface area contributed by atoms with Gasteiger partial charge in [-0.05, 0) is 33.0 Å². The van der Waals surface area contributed by atoms with Crippen LogP contribution in [0.2, 0.25) is 0 Å². The van der Waals surface area contributed by atoms with E-state index < -0.39 is 0 Å². The highest BCUT2D eigenvalue weighted by Crippen LogP contribution is 1.92. The van der Waals surface area contributed by atoms with Gasteiger partial charge in [0.25, 0.3) is 0 Å². The number of nitrogens with zero attached hydrogens (tertiary/aromatic N) is 1. The van der Waals surface area contributed by atoms with Gasteiger partial charge in [0.05, 0.1) is 0 Å². The van der Waals surface area contributed by atoms with Crippen LogP contribution in [0.4, 0.5) is 0 Å². The third-order valence-corrected chi connectivity index (χ3v) is 1.76. The molecule has 0 atom stereocenters. The molecule has 0 aliphatic rings. The molecule has 0 saturated heterocycles. The first-order valence-electron chi connectivity index (χ1n) is 4.72. The fourth-order valence-corrected chi connectivity index (χ4v) is 1.24. The van der Waals surface area contributed by atoms with Gasteiger partial charge in [0, 0.05) is 13.1 Å². The molecule has 2 nitrogen and oxygen atoms in total. The van der Waals surface area contributed by atoms with Crippen LogP contribution in [-0.2, 0) is 0 Å². The summed E-state index contributed by atoms with van der Waals surface area (Å²) in [4.78, 5) is 2.51. The van der Waals surface area contributed by atoms with Gasteiger partial charge in [-0.25, -0.2) is 0 Å². The minimum Gasteiger partial charge on any atom is -0.318 e. The lowest BCUT2D eigenvalue weighted by molar-refractivity contribution is 0.276. The predicted molar refractivity (Wildman–Crippen MR) is 50.9 cm³/mol. The third-order valence-electron chi connectivity index (χ3n) is 1.76. The van der Waals surface area contributed by atoms with E-state index in [1.807, 2.05) is 7.05 Å². The van der Waals surface area contributed by atoms with Crippen molar-refractivity contribution < 1.29 is 0 Å². The minimum atomic E-state index is 1.11. The van der Waals surface area contributed by atoms with E-state index in [1.165, 1.54) is 32.5 Å². The molecule has 1 N–H and O–H groups in total. The second-order valence-corrected chi connectivity index (χ2v) is 2.95. The molecule has 0 aliphatic carbocycles. The molecule has 0 fully saturated rings. The maximum Gasteiger partial charge on any atom is 0.0107 e. The maximum absolute atomic E-state index is 3.17. The SMILES string of the molecule is CCCN(CCC)CCNC. The molecule has 0 aromatic rings. The van der Waals surface area contributed by atoms with Crippen molar-refractivity contribution in [2.45, 2.75) is 26.7 Å². The number of hydrogen-bond donors (Lipinski definition) is 1. The van der Waals surface area contributed by atoms with Crippen molar-refractivity contribution in [3.63, 3.8) is 0 Å². The van der Waals surface area contributed by atoms with Crippen molar-refractivity contribution >= 4 is 0 Å². The van der Waals surface area contributed by atoms with Gasteiger partial charge in [0.2, 0.25) is 0 Å². The Kier molecular flexibility index (Phi) is 7.96. The van der Waals surface area contributed by atoms with Crippen LogP contribution < -0.4 is 5.32 Å². The van der Waals surface area contributed by atoms with E-state index in [-0.39, 0.29) is 0 Å². The first kappa shape index (κ1) is 10.9. The van der Waals surface area contributed by atoms with Gasteiger partial charge in [-0.3, -0.25) is 0 Å². The van der Waals surface area contributed by atoms with E-state index in [0.717, 1.165) is 6.54 Å². The Hall–Kier alpha value is -0.0800. The summed E-state index contributed by atoms with van der Waals surface area (Å²) in [5.41, 5.74) is 0. The molecule has 0 aromatic carbocycles. The second-order valence-electron chi connectivity index (χ2n) is 2.95. The van der Waals surface area contributed by atoms with E-state index in [2.05, 4.69) is 24.1 Å². The topological polar surface area (TPSA) is 15.3 Å². The summed E-state index contributed by atoms with van der Waals surface area (Å²) in [5, 5.41) is 3.17. The quantitative estimate of drug-likeness (QED) is 0.601. The molecular formula is C9H22N2. The van der Waals surface area contributed by atoms with Crippen molar-refractivity contribution in [2.24, 2.45) is 0 Å². The van der Waals surface area contributed by atoms with Gasteiger partial charge in [0.1, 0.15) is 0 Å². The van der Waals surface area contributed by atoms with Crippen LogP contribution in [0.15, 0.2) is 0 Å². The van der Waals surface area contributed by atoms with Crippen molar-refractivity contribution in [3.05, 3.63) is 0 Å². The van der Waals surface area contributed by atoms with Gasteiger partial charge in [-0.2, -0.15) is 0 Å². The minimum absolute atomic E-state index is 1.11. The number of rotatable bonds is 7. The molecule has 0 unspecified atom stereocenters. The molecule has 0 aromatic heterocycles. The zero-order chi connectivity index (χ0) is 8.53. The summed E-state index contributed by atoms with van der Waals surface area (Å²) in [6.45, 7) is 9.27. The van der Waals surface area contributed by atoms with Gasteiger partial charge in [-0.1, -0.05) is 13.8 Å². The lowest BCUT2D eigenvalue weighted by Crippen LogP contribution is -2.32. The summed E-state index contributed by atoms with van der Waals surface area (Å²) >= 11 is 0. The Morgan fingerprint density at radius 3 is 1.91 bits per heavy atom. The smallest absolute Gasteiger partial charge is 0.0107 e. The Morgan fingerprint density at radius 2 is 1.55 bits per heavy atom. The molecule has 0 heterocycles. The van der Waals surface area contributed by atoms with Crippen LogP contribution in [0, 0.1) is 0 Å². The molecule has 0 rings (SSSR count). The standard InChI is InChI=1S/C9H22N2/c1-4-7-11(8-5-2)9-6-10-3/h10H,4-9H2,1-3H3. The van der Waals surface area contributed by atoms with Crippen LogP contribution in [0.25, 0.3) is 0 Å². The molecular weight excluding hydrogens is 136 g/mol. The zero-order valence-corrected chi connectivity index (χ0v) is 8.19. The van der Waals surface area contributed by atoms with E-state index >= 15 is 0 Å². The Bertz CT molecular complexity index is 68.0. The monoisotopic (exact) mass is 158 g/mol. The summed E-state index contributed by atoms with van der Waals surface area (Å²) < 4.78 is 0. The van der Waals surface area contributed by atoms with Crippen molar-refractivity contribution in [3.8, 4) is 0 Å². The van der Waals surface area contributed by atoms with E-state index in [1.54, 1.807) is 0 Å². The fraction of sp³-hybridized carbons (Fsp3) is 1.00. The summed E-state index contributed by atoms with van der Waals surface area (Å²) in [5.74, 6) is 0. The predicted octanol–water partition coefficient (Wildman–Crippen LogP) is 1.33. The van der Waals surface area contributed by atoms with Gasteiger partial charge >= 0.3 is 0 Å². The molecule has 0 spiro atoms. The Balaban J connectivity index is 3.34.